The van der Waals surface area contributed by atoms with E-state index in [1.165, 1.54) is 5.49 Å². The van der Waals surface area contributed by atoms with Crippen molar-refractivity contribution < 1.29 is 19.1 Å². The van der Waals surface area contributed by atoms with Crippen LogP contribution in [0, 0.1) is 0 Å². The van der Waals surface area contributed by atoms with E-state index in [2.05, 4.69) is 10.6 Å². The van der Waals surface area contributed by atoms with E-state index in [4.69, 9.17) is 21.7 Å². The number of carbonyl (C=O) groups is 2. The zero-order valence-electron chi connectivity index (χ0n) is 13.1. The highest BCUT2D eigenvalue weighted by Gasteiger charge is 2.41. The predicted molar refractivity (Wildman–Crippen MR) is 92.4 cm³/mol. The van der Waals surface area contributed by atoms with Gasteiger partial charge in [0, 0.05) is 17.9 Å². The lowest BCUT2D eigenvalue weighted by Gasteiger charge is -2.24. The van der Waals surface area contributed by atoms with Crippen molar-refractivity contribution in [3.63, 3.8) is 0 Å². The second kappa shape index (κ2) is 7.02. The Morgan fingerprint density at radius 1 is 1.25 bits per heavy atom. The van der Waals surface area contributed by atoms with Crippen LogP contribution >= 0.6 is 12.2 Å². The molecule has 1 aromatic carbocycles. The van der Waals surface area contributed by atoms with Crippen LogP contribution in [-0.2, 0) is 9.47 Å². The molecule has 2 aliphatic rings. The number of hydrogen-bond acceptors (Lipinski definition) is 6. The summed E-state index contributed by atoms with van der Waals surface area (Å²) < 4.78 is 10.3. The van der Waals surface area contributed by atoms with Crippen LogP contribution in [0.3, 0.4) is 0 Å². The fraction of sp³-hybridized carbons (Fsp3) is 0.400. The summed E-state index contributed by atoms with van der Waals surface area (Å²) in [6.07, 6.45) is -1.23. The third-order valence-electron chi connectivity index (χ3n) is 4.00. The van der Waals surface area contributed by atoms with Gasteiger partial charge in [-0.25, -0.2) is 9.59 Å². The zero-order chi connectivity index (χ0) is 17.1. The van der Waals surface area contributed by atoms with Crippen molar-refractivity contribution in [2.45, 2.75) is 12.3 Å². The van der Waals surface area contributed by atoms with Crippen LogP contribution in [0.5, 0.6) is 0 Å². The third-order valence-corrected chi connectivity index (χ3v) is 4.17. The van der Waals surface area contributed by atoms with E-state index in [0.29, 0.717) is 25.4 Å². The molecule has 128 valence electrons. The SMILES string of the molecule is CNC1OC(=O)N(c2ccc(N3CCOC3=O)cc2)C1CNC=S. The molecule has 0 bridgehead atoms. The van der Waals surface area contributed by atoms with Gasteiger partial charge in [-0.3, -0.25) is 15.1 Å². The minimum absolute atomic E-state index is 0.246. The van der Waals surface area contributed by atoms with E-state index in [-0.39, 0.29) is 12.1 Å². The van der Waals surface area contributed by atoms with E-state index < -0.39 is 12.3 Å². The molecule has 0 aliphatic carbocycles. The normalized spacial score (nSPS) is 23.2. The highest BCUT2D eigenvalue weighted by molar-refractivity contribution is 7.78. The molecule has 2 atom stereocenters. The molecular weight excluding hydrogens is 332 g/mol. The molecule has 2 amide bonds. The van der Waals surface area contributed by atoms with Crippen molar-refractivity contribution >= 4 is 41.3 Å². The smallest absolute Gasteiger partial charge is 0.416 e. The van der Waals surface area contributed by atoms with E-state index >= 15 is 0 Å². The Morgan fingerprint density at radius 2 is 1.96 bits per heavy atom. The maximum atomic E-state index is 12.2. The molecule has 0 aromatic heterocycles. The van der Waals surface area contributed by atoms with Gasteiger partial charge in [0.1, 0.15) is 12.6 Å². The number of hydrogen-bond donors (Lipinski definition) is 2. The minimum Gasteiger partial charge on any atom is -0.447 e. The molecule has 2 saturated heterocycles. The second-order valence-corrected chi connectivity index (χ2v) is 5.57. The summed E-state index contributed by atoms with van der Waals surface area (Å²) in [7, 11) is 1.73. The van der Waals surface area contributed by atoms with Gasteiger partial charge in [-0.2, -0.15) is 0 Å². The fourth-order valence-corrected chi connectivity index (χ4v) is 2.95. The van der Waals surface area contributed by atoms with Gasteiger partial charge in [0.05, 0.1) is 12.0 Å². The molecule has 0 radical (unpaired) electrons. The summed E-state index contributed by atoms with van der Waals surface area (Å²) in [4.78, 5) is 27.0. The standard InChI is InChI=1S/C15H18N4O4S/c1-16-13-12(8-17-9-24)19(15(21)23-13)11-4-2-10(3-5-11)18-6-7-22-14(18)20/h2-5,9,12-13,16H,6-8H2,1H3,(H,17,24). The Morgan fingerprint density at radius 3 is 2.54 bits per heavy atom. The number of likely N-dealkylation sites (N-methyl/N-ethyl adjacent to an activating group) is 1. The Labute approximate surface area is 144 Å². The Kier molecular flexibility index (Phi) is 4.81. The van der Waals surface area contributed by atoms with Gasteiger partial charge in [0.25, 0.3) is 0 Å². The van der Waals surface area contributed by atoms with Crippen molar-refractivity contribution in [3.05, 3.63) is 24.3 Å². The summed E-state index contributed by atoms with van der Waals surface area (Å²) in [5.41, 5.74) is 2.83. The highest BCUT2D eigenvalue weighted by Crippen LogP contribution is 2.28. The number of ether oxygens (including phenoxy) is 2. The van der Waals surface area contributed by atoms with Crippen LogP contribution in [0.2, 0.25) is 0 Å². The first-order valence-electron chi connectivity index (χ1n) is 7.54. The van der Waals surface area contributed by atoms with E-state index in [0.717, 1.165) is 5.69 Å². The quantitative estimate of drug-likeness (QED) is 0.742. The van der Waals surface area contributed by atoms with Crippen molar-refractivity contribution in [2.24, 2.45) is 0 Å². The number of benzene rings is 1. The molecule has 2 N–H and O–H groups in total. The fourth-order valence-electron chi connectivity index (χ4n) is 2.85. The van der Waals surface area contributed by atoms with Crippen molar-refractivity contribution in [2.75, 3.05) is 36.5 Å². The number of nitrogens with one attached hydrogen (secondary N) is 2. The Hall–Kier alpha value is -2.39. The molecule has 2 unspecified atom stereocenters. The molecule has 2 heterocycles. The van der Waals surface area contributed by atoms with Crippen molar-refractivity contribution in [1.29, 1.82) is 0 Å². The summed E-state index contributed by atoms with van der Waals surface area (Å²) in [5.74, 6) is 0. The number of rotatable bonds is 6. The lowest BCUT2D eigenvalue weighted by molar-refractivity contribution is 0.116. The van der Waals surface area contributed by atoms with E-state index in [1.807, 2.05) is 0 Å². The number of carbonyl (C=O) groups excluding carboxylic acids is 2. The number of thiocarbonyl (C=S) groups is 1. The van der Waals surface area contributed by atoms with Gasteiger partial charge >= 0.3 is 12.2 Å². The van der Waals surface area contributed by atoms with Crippen LogP contribution in [0.25, 0.3) is 0 Å². The molecule has 0 saturated carbocycles. The number of amides is 2. The summed E-state index contributed by atoms with van der Waals surface area (Å²) in [6, 6.07) is 6.89. The first-order chi connectivity index (χ1) is 11.7. The zero-order valence-corrected chi connectivity index (χ0v) is 13.9. The average molecular weight is 350 g/mol. The summed E-state index contributed by atoms with van der Waals surface area (Å²) in [6.45, 7) is 1.36. The topological polar surface area (TPSA) is 83.1 Å². The van der Waals surface area contributed by atoms with Gasteiger partial charge in [-0.15, -0.1) is 0 Å². The maximum absolute atomic E-state index is 12.2. The van der Waals surface area contributed by atoms with Crippen molar-refractivity contribution in [3.8, 4) is 0 Å². The van der Waals surface area contributed by atoms with Gasteiger partial charge in [0.2, 0.25) is 0 Å². The number of anilines is 2. The molecule has 2 aliphatic heterocycles. The van der Waals surface area contributed by atoms with Crippen molar-refractivity contribution in [1.82, 2.24) is 10.6 Å². The molecule has 0 spiro atoms. The van der Waals surface area contributed by atoms with Gasteiger partial charge in [-0.05, 0) is 31.3 Å². The lowest BCUT2D eigenvalue weighted by Crippen LogP contribution is -2.48. The average Bonchev–Trinajstić information content (AvgIpc) is 3.16. The molecule has 2 fully saturated rings. The first kappa shape index (κ1) is 16.5. The van der Waals surface area contributed by atoms with E-state index in [9.17, 15) is 9.59 Å². The third kappa shape index (κ3) is 3.00. The van der Waals surface area contributed by atoms with E-state index in [1.54, 1.807) is 41.1 Å². The minimum atomic E-state index is -0.437. The van der Waals surface area contributed by atoms with Crippen LogP contribution in [-0.4, -0.2) is 56.7 Å². The summed E-state index contributed by atoms with van der Waals surface area (Å²) in [5, 5.41) is 5.92. The predicted octanol–water partition coefficient (Wildman–Crippen LogP) is 1.06. The molecule has 8 nitrogen and oxygen atoms in total. The van der Waals surface area contributed by atoms with Crippen LogP contribution < -0.4 is 20.4 Å². The number of cyclic esters (lactones) is 2. The second-order valence-electron chi connectivity index (χ2n) is 5.34. The highest BCUT2D eigenvalue weighted by atomic mass is 32.1. The van der Waals surface area contributed by atoms with Crippen LogP contribution in [0.1, 0.15) is 0 Å². The monoisotopic (exact) mass is 350 g/mol. The Bertz CT molecular complexity index is 639. The van der Waals surface area contributed by atoms with Gasteiger partial charge in [-0.1, -0.05) is 12.2 Å². The van der Waals surface area contributed by atoms with Gasteiger partial charge < -0.3 is 14.8 Å². The Balaban J connectivity index is 1.81. The molecular formula is C15H18N4O4S. The number of nitrogens with zero attached hydrogens (tertiary/aromatic N) is 2. The van der Waals surface area contributed by atoms with Crippen LogP contribution in [0.4, 0.5) is 21.0 Å². The molecule has 24 heavy (non-hydrogen) atoms. The first-order valence-corrected chi connectivity index (χ1v) is 8.01. The van der Waals surface area contributed by atoms with Crippen LogP contribution in [0.15, 0.2) is 24.3 Å². The maximum Gasteiger partial charge on any atom is 0.416 e. The summed E-state index contributed by atoms with van der Waals surface area (Å²) >= 11 is 4.79. The molecule has 9 heteroatoms. The molecule has 3 rings (SSSR count). The lowest BCUT2D eigenvalue weighted by atomic mass is 10.2. The van der Waals surface area contributed by atoms with Gasteiger partial charge in [0.15, 0.2) is 6.23 Å². The molecule has 1 aromatic rings. The largest absolute Gasteiger partial charge is 0.447 e.